The first-order valence-corrected chi connectivity index (χ1v) is 11.0. The maximum atomic E-state index is 12.3. The van der Waals surface area contributed by atoms with E-state index in [-0.39, 0.29) is 5.91 Å². The van der Waals surface area contributed by atoms with Crippen LogP contribution < -0.4 is 5.43 Å². The average Bonchev–Trinajstić information content (AvgIpc) is 3.04. The molecule has 2 aromatic carbocycles. The van der Waals surface area contributed by atoms with Gasteiger partial charge in [0.2, 0.25) is 0 Å². The highest BCUT2D eigenvalue weighted by Gasteiger charge is 2.31. The Hall–Kier alpha value is -2.88. The number of rotatable bonds is 1. The van der Waals surface area contributed by atoms with Crippen molar-refractivity contribution in [1.82, 2.24) is 10.4 Å². The van der Waals surface area contributed by atoms with Crippen molar-refractivity contribution < 1.29 is 4.79 Å². The second-order valence-electron chi connectivity index (χ2n) is 8.45. The molecule has 1 amide bonds. The van der Waals surface area contributed by atoms with Gasteiger partial charge in [-0.15, -0.1) is 0 Å². The van der Waals surface area contributed by atoms with Gasteiger partial charge in [0.1, 0.15) is 0 Å². The van der Waals surface area contributed by atoms with Crippen molar-refractivity contribution in [2.45, 2.75) is 60.3 Å². The van der Waals surface area contributed by atoms with Crippen molar-refractivity contribution >= 4 is 22.5 Å². The number of aromatic amines is 1. The van der Waals surface area contributed by atoms with Gasteiger partial charge in [-0.3, -0.25) is 4.79 Å². The molecular formula is C26H33N3O. The molecule has 0 radical (unpaired) electrons. The average molecular weight is 404 g/mol. The van der Waals surface area contributed by atoms with Crippen LogP contribution in [0.15, 0.2) is 47.6 Å². The Kier molecular flexibility index (Phi) is 6.76. The van der Waals surface area contributed by atoms with Crippen LogP contribution >= 0.6 is 0 Å². The Balaban J connectivity index is 0.000000385. The Morgan fingerprint density at radius 3 is 2.33 bits per heavy atom. The summed E-state index contributed by atoms with van der Waals surface area (Å²) in [6.07, 6.45) is 1.79. The Morgan fingerprint density at radius 1 is 1.00 bits per heavy atom. The van der Waals surface area contributed by atoms with Crippen molar-refractivity contribution in [3.63, 3.8) is 0 Å². The van der Waals surface area contributed by atoms with E-state index in [2.05, 4.69) is 67.5 Å². The van der Waals surface area contributed by atoms with E-state index in [0.29, 0.717) is 11.5 Å². The van der Waals surface area contributed by atoms with Crippen LogP contribution in [0.1, 0.15) is 79.7 Å². The third kappa shape index (κ3) is 4.33. The highest BCUT2D eigenvalue weighted by molar-refractivity contribution is 6.20. The summed E-state index contributed by atoms with van der Waals surface area (Å²) in [5, 5.41) is 5.45. The molecule has 2 N–H and O–H groups in total. The van der Waals surface area contributed by atoms with Gasteiger partial charge in [-0.1, -0.05) is 70.5 Å². The minimum absolute atomic E-state index is 0.129. The maximum Gasteiger partial charge on any atom is 0.272 e. The minimum atomic E-state index is -0.129. The summed E-state index contributed by atoms with van der Waals surface area (Å²) in [7, 11) is 0. The quantitative estimate of drug-likeness (QED) is 0.489. The molecule has 2 heterocycles. The fraction of sp³-hybridized carbons (Fsp3) is 0.385. The second kappa shape index (κ2) is 9.29. The fourth-order valence-corrected chi connectivity index (χ4v) is 3.97. The number of H-pyrrole nitrogens is 1. The molecule has 0 bridgehead atoms. The van der Waals surface area contributed by atoms with Crippen LogP contribution in [0.3, 0.4) is 0 Å². The minimum Gasteiger partial charge on any atom is -0.358 e. The summed E-state index contributed by atoms with van der Waals surface area (Å²) in [4.78, 5) is 15.9. The molecule has 4 nitrogen and oxygen atoms in total. The van der Waals surface area contributed by atoms with E-state index in [1.807, 2.05) is 32.0 Å². The molecule has 1 atom stereocenters. The largest absolute Gasteiger partial charge is 0.358 e. The van der Waals surface area contributed by atoms with Crippen molar-refractivity contribution in [3.8, 4) is 0 Å². The summed E-state index contributed by atoms with van der Waals surface area (Å²) in [6.45, 7) is 12.6. The molecule has 0 saturated carbocycles. The van der Waals surface area contributed by atoms with Gasteiger partial charge in [-0.05, 0) is 49.3 Å². The van der Waals surface area contributed by atoms with Crippen molar-refractivity contribution in [2.75, 3.05) is 0 Å². The van der Waals surface area contributed by atoms with E-state index in [9.17, 15) is 4.79 Å². The normalized spacial score (nSPS) is 16.6. The first-order chi connectivity index (χ1) is 14.4. The molecule has 3 aromatic rings. The lowest BCUT2D eigenvalue weighted by molar-refractivity contribution is 0.0957. The number of carbonyl (C=O) groups excluding carboxylic acids is 1. The third-order valence-corrected chi connectivity index (χ3v) is 5.17. The first-order valence-electron chi connectivity index (χ1n) is 11.0. The molecule has 30 heavy (non-hydrogen) atoms. The van der Waals surface area contributed by atoms with Crippen LogP contribution in [0.5, 0.6) is 0 Å². The Morgan fingerprint density at radius 2 is 1.67 bits per heavy atom. The van der Waals surface area contributed by atoms with E-state index in [1.54, 1.807) is 0 Å². The van der Waals surface area contributed by atoms with Gasteiger partial charge in [0, 0.05) is 22.2 Å². The predicted octanol–water partition coefficient (Wildman–Crippen LogP) is 6.34. The molecular weight excluding hydrogens is 370 g/mol. The van der Waals surface area contributed by atoms with Gasteiger partial charge >= 0.3 is 0 Å². The number of aromatic nitrogens is 1. The maximum absolute atomic E-state index is 12.3. The lowest BCUT2D eigenvalue weighted by Crippen LogP contribution is -2.22. The number of nitrogens with zero attached hydrogens (tertiary/aromatic N) is 1. The molecule has 4 heteroatoms. The third-order valence-electron chi connectivity index (χ3n) is 5.17. The highest BCUT2D eigenvalue weighted by Crippen LogP contribution is 2.38. The summed E-state index contributed by atoms with van der Waals surface area (Å²) in [5.41, 5.74) is 10.3. The van der Waals surface area contributed by atoms with Gasteiger partial charge in [0.05, 0.1) is 11.3 Å². The Bertz CT molecular complexity index is 1060. The van der Waals surface area contributed by atoms with Crippen LogP contribution in [-0.2, 0) is 6.42 Å². The van der Waals surface area contributed by atoms with Crippen LogP contribution in [0.2, 0.25) is 0 Å². The molecule has 1 unspecified atom stereocenters. The standard InChI is InChI=1S/C20H17N3O.C4H10.C2H6/c1-11-5-7-12(8-6-11)13-9-16-19-17(10-13)22-23-20(24)14-3-2-4-15(21-16)18(14)19;1-4(2)3;1-2/h2-8,13,21H,9-10H2,1H3,(H,23,24);4H,1-3H3;1-2H3. The molecule has 1 aliphatic heterocycles. The number of aryl methyl sites for hydroxylation is 1. The number of benzene rings is 2. The van der Waals surface area contributed by atoms with Crippen LogP contribution in [-0.4, -0.2) is 16.6 Å². The smallest absolute Gasteiger partial charge is 0.272 e. The molecule has 0 fully saturated rings. The van der Waals surface area contributed by atoms with E-state index in [0.717, 1.165) is 40.9 Å². The number of carbonyl (C=O) groups is 1. The molecule has 1 aromatic heterocycles. The predicted molar refractivity (Wildman–Crippen MR) is 126 cm³/mol. The van der Waals surface area contributed by atoms with E-state index >= 15 is 0 Å². The summed E-state index contributed by atoms with van der Waals surface area (Å²) in [5.74, 6) is 1.08. The zero-order valence-electron chi connectivity index (χ0n) is 19.0. The second-order valence-corrected chi connectivity index (χ2v) is 8.45. The van der Waals surface area contributed by atoms with E-state index in [1.165, 1.54) is 16.8 Å². The van der Waals surface area contributed by atoms with Crippen molar-refractivity contribution in [2.24, 2.45) is 11.0 Å². The zero-order valence-corrected chi connectivity index (χ0v) is 19.0. The molecule has 5 rings (SSSR count). The van der Waals surface area contributed by atoms with Crippen LogP contribution in [0, 0.1) is 12.8 Å². The summed E-state index contributed by atoms with van der Waals surface area (Å²) >= 11 is 0. The summed E-state index contributed by atoms with van der Waals surface area (Å²) < 4.78 is 0. The topological polar surface area (TPSA) is 57.2 Å². The lowest BCUT2D eigenvalue weighted by Gasteiger charge is -2.24. The molecule has 2 aliphatic rings. The highest BCUT2D eigenvalue weighted by atomic mass is 16.2. The van der Waals surface area contributed by atoms with Crippen LogP contribution in [0.25, 0.3) is 10.9 Å². The van der Waals surface area contributed by atoms with Gasteiger partial charge in [-0.25, -0.2) is 5.43 Å². The first kappa shape index (κ1) is 21.8. The lowest BCUT2D eigenvalue weighted by atomic mass is 9.81. The number of amides is 1. The van der Waals surface area contributed by atoms with E-state index < -0.39 is 0 Å². The molecule has 0 spiro atoms. The number of hydrogen-bond acceptors (Lipinski definition) is 2. The van der Waals surface area contributed by atoms with Crippen molar-refractivity contribution in [1.29, 1.82) is 0 Å². The van der Waals surface area contributed by atoms with Crippen molar-refractivity contribution in [3.05, 3.63) is 70.4 Å². The zero-order chi connectivity index (χ0) is 21.8. The molecule has 0 saturated heterocycles. The SMILES string of the molecule is CC.CC(C)C.Cc1ccc(C2CC3=NNC(=O)c4cccc5[nH]c(c3c45)C2)cc1. The molecule has 158 valence electrons. The van der Waals surface area contributed by atoms with E-state index in [4.69, 9.17) is 0 Å². The van der Waals surface area contributed by atoms with Crippen LogP contribution in [0.4, 0.5) is 0 Å². The van der Waals surface area contributed by atoms with Gasteiger partial charge in [-0.2, -0.15) is 5.10 Å². The van der Waals surface area contributed by atoms with Gasteiger partial charge in [0.25, 0.3) is 5.91 Å². The fourth-order valence-electron chi connectivity index (χ4n) is 3.97. The monoisotopic (exact) mass is 403 g/mol. The number of nitrogens with one attached hydrogen (secondary N) is 2. The summed E-state index contributed by atoms with van der Waals surface area (Å²) in [6, 6.07) is 14.5. The number of hydrazone groups is 1. The Labute approximate surface area is 179 Å². The van der Waals surface area contributed by atoms with Gasteiger partial charge < -0.3 is 4.98 Å². The number of hydrogen-bond donors (Lipinski definition) is 2. The van der Waals surface area contributed by atoms with Gasteiger partial charge in [0.15, 0.2) is 0 Å². The molecule has 1 aliphatic carbocycles.